The molecule has 0 N–H and O–H groups in total. The van der Waals surface area contributed by atoms with Crippen LogP contribution >= 0.6 is 0 Å². The summed E-state index contributed by atoms with van der Waals surface area (Å²) in [5, 5.41) is 0. The minimum Gasteiger partial charge on any atom is -0.750 e. The minimum atomic E-state index is -3.46. The molecule has 0 saturated carbocycles. The first-order valence-electron chi connectivity index (χ1n) is 11.5. The molecule has 7 nitrogen and oxygen atoms in total. The number of esters is 1. The molecule has 0 spiro atoms. The fraction of sp³-hybridized carbons (Fsp3) is 0.952. The van der Waals surface area contributed by atoms with Crippen LogP contribution in [0.4, 0.5) is 0 Å². The third-order valence-electron chi connectivity index (χ3n) is 5.47. The molecule has 0 aromatic carbocycles. The molecule has 0 aromatic rings. The second-order valence-corrected chi connectivity index (χ2v) is 11.0. The summed E-state index contributed by atoms with van der Waals surface area (Å²) >= 11 is -2.85. The van der Waals surface area contributed by atoms with Gasteiger partial charge in [0.05, 0.1) is 22.9 Å². The second-order valence-electron chi connectivity index (χ2n) is 8.29. The van der Waals surface area contributed by atoms with E-state index in [2.05, 4.69) is 11.1 Å². The molecule has 1 aliphatic rings. The minimum absolute atomic E-state index is 0. The molecule has 3 atom stereocenters. The molecule has 0 aliphatic carbocycles. The third-order valence-corrected chi connectivity index (χ3v) is 7.55. The van der Waals surface area contributed by atoms with E-state index in [0.29, 0.717) is 6.42 Å². The maximum Gasteiger partial charge on any atom is 1.00 e. The van der Waals surface area contributed by atoms with Gasteiger partial charge in [0.25, 0.3) is 0 Å². The van der Waals surface area contributed by atoms with E-state index in [1.165, 1.54) is 64.2 Å². The van der Waals surface area contributed by atoms with Crippen molar-refractivity contribution in [3.63, 3.8) is 0 Å². The Morgan fingerprint density at radius 1 is 0.839 bits per heavy atom. The number of carbonyl (C=O) groups excluding carboxylic acids is 1. The summed E-state index contributed by atoms with van der Waals surface area (Å²) in [6.07, 6.45) is 15.1. The third kappa shape index (κ3) is 16.7. The number of carbonyl (C=O) groups is 1. The van der Waals surface area contributed by atoms with Gasteiger partial charge in [-0.2, -0.15) is 0 Å². The van der Waals surface area contributed by atoms with Crippen molar-refractivity contribution in [2.75, 3.05) is 11.5 Å². The zero-order valence-electron chi connectivity index (χ0n) is 19.3. The fourth-order valence-corrected chi connectivity index (χ4v) is 5.96. The predicted molar refractivity (Wildman–Crippen MR) is 117 cm³/mol. The van der Waals surface area contributed by atoms with Crippen molar-refractivity contribution in [3.05, 3.63) is 0 Å². The smallest absolute Gasteiger partial charge is 0.750 e. The molecule has 1 fully saturated rings. The van der Waals surface area contributed by atoms with Gasteiger partial charge in [-0.25, -0.2) is 12.6 Å². The Balaban J connectivity index is 0.00000900. The summed E-state index contributed by atoms with van der Waals surface area (Å²) in [4.78, 5) is 11.9. The van der Waals surface area contributed by atoms with E-state index in [0.717, 1.165) is 19.3 Å². The van der Waals surface area contributed by atoms with Gasteiger partial charge in [-0.15, -0.1) is 0 Å². The van der Waals surface area contributed by atoms with Crippen molar-refractivity contribution in [1.82, 2.24) is 0 Å². The van der Waals surface area contributed by atoms with Gasteiger partial charge >= 0.3 is 35.5 Å². The van der Waals surface area contributed by atoms with E-state index in [1.807, 2.05) is 0 Å². The number of rotatable bonds is 18. The van der Waals surface area contributed by atoms with Gasteiger partial charge in [0.15, 0.2) is 9.84 Å². The standard InChI is InChI=1S/C21H40O7S2.Na/c1-2-3-4-5-6-7-8-9-10-11-12-13-14-15-16-21(22)27-19-17-30(25,26)18-20(19)28-29(23)24;/h19-20H,2-18H2,1H3,(H,23,24);/q;+1/p-1. The molecule has 1 rings (SSSR count). The summed E-state index contributed by atoms with van der Waals surface area (Å²) in [6.45, 7) is 2.24. The van der Waals surface area contributed by atoms with E-state index >= 15 is 0 Å². The van der Waals surface area contributed by atoms with Crippen LogP contribution in [0.15, 0.2) is 0 Å². The van der Waals surface area contributed by atoms with Crippen molar-refractivity contribution < 1.29 is 60.5 Å². The molecule has 31 heavy (non-hydrogen) atoms. The van der Waals surface area contributed by atoms with Crippen LogP contribution in [-0.4, -0.2) is 46.9 Å². The number of sulfone groups is 1. The molecule has 3 unspecified atom stereocenters. The Hall–Kier alpha value is 0.490. The Morgan fingerprint density at radius 3 is 1.71 bits per heavy atom. The van der Waals surface area contributed by atoms with Gasteiger partial charge in [0.2, 0.25) is 0 Å². The molecule has 10 heteroatoms. The molecule has 1 heterocycles. The van der Waals surface area contributed by atoms with Crippen LogP contribution in [0, 0.1) is 0 Å². The second kappa shape index (κ2) is 18.9. The van der Waals surface area contributed by atoms with Crippen molar-refractivity contribution in [3.8, 4) is 0 Å². The van der Waals surface area contributed by atoms with Crippen LogP contribution in [0.1, 0.15) is 103 Å². The van der Waals surface area contributed by atoms with E-state index in [9.17, 15) is 22.0 Å². The van der Waals surface area contributed by atoms with E-state index in [4.69, 9.17) is 4.74 Å². The first-order chi connectivity index (χ1) is 14.3. The molecule has 1 saturated heterocycles. The molecular weight excluding hydrogens is 451 g/mol. The summed E-state index contributed by atoms with van der Waals surface area (Å²) in [7, 11) is -3.46. The van der Waals surface area contributed by atoms with Crippen molar-refractivity contribution in [1.29, 1.82) is 0 Å². The van der Waals surface area contributed by atoms with Crippen LogP contribution in [0.25, 0.3) is 0 Å². The normalized spacial score (nSPS) is 20.8. The van der Waals surface area contributed by atoms with Crippen molar-refractivity contribution in [2.45, 2.75) is 115 Å². The average Bonchev–Trinajstić information content (AvgIpc) is 2.94. The van der Waals surface area contributed by atoms with Crippen LogP contribution in [0.2, 0.25) is 0 Å². The molecular formula is C21H39NaO7S2. The first-order valence-corrected chi connectivity index (χ1v) is 14.3. The number of unbranched alkanes of at least 4 members (excludes halogenated alkanes) is 13. The van der Waals surface area contributed by atoms with Gasteiger partial charge < -0.3 is 9.29 Å². The van der Waals surface area contributed by atoms with Gasteiger partial charge in [-0.1, -0.05) is 90.4 Å². The average molecular weight is 491 g/mol. The maximum absolute atomic E-state index is 11.9. The zero-order chi connectivity index (χ0) is 22.2. The van der Waals surface area contributed by atoms with Crippen LogP contribution in [-0.2, 0) is 34.9 Å². The maximum atomic E-state index is 11.9. The van der Waals surface area contributed by atoms with Crippen LogP contribution in [0.3, 0.4) is 0 Å². The van der Waals surface area contributed by atoms with Gasteiger partial charge in [-0.05, 0) is 6.42 Å². The summed E-state index contributed by atoms with van der Waals surface area (Å²) in [5.74, 6) is -1.33. The Morgan fingerprint density at radius 2 is 1.26 bits per heavy atom. The van der Waals surface area contributed by atoms with E-state index in [1.54, 1.807) is 0 Å². The summed E-state index contributed by atoms with van der Waals surface area (Å²) in [5.41, 5.74) is 0. The molecule has 0 aromatic heterocycles. The van der Waals surface area contributed by atoms with Gasteiger partial charge in [-0.3, -0.25) is 8.98 Å². The largest absolute Gasteiger partial charge is 1.00 e. The van der Waals surface area contributed by atoms with Gasteiger partial charge in [0.1, 0.15) is 12.2 Å². The van der Waals surface area contributed by atoms with Gasteiger partial charge in [0, 0.05) is 6.42 Å². The van der Waals surface area contributed by atoms with Crippen molar-refractivity contribution >= 4 is 27.2 Å². The predicted octanol–water partition coefficient (Wildman–Crippen LogP) is 1.38. The van der Waals surface area contributed by atoms with E-state index < -0.39 is 45.1 Å². The first kappa shape index (κ1) is 31.5. The Kier molecular flexibility index (Phi) is 19.2. The molecule has 0 bridgehead atoms. The Labute approximate surface area is 213 Å². The van der Waals surface area contributed by atoms with Crippen molar-refractivity contribution in [2.24, 2.45) is 0 Å². The number of ether oxygens (including phenoxy) is 1. The summed E-state index contributed by atoms with van der Waals surface area (Å²) in [6, 6.07) is 0. The zero-order valence-corrected chi connectivity index (χ0v) is 23.0. The number of hydrogen-bond acceptors (Lipinski definition) is 7. The summed E-state index contributed by atoms with van der Waals surface area (Å²) < 4.78 is 54.3. The SMILES string of the molecule is CCCCCCCCCCCCCCCCC(=O)OC1CS(=O)(=O)CC1OS(=O)[O-].[Na+]. The quantitative estimate of drug-likeness (QED) is 0.124. The molecule has 1 aliphatic heterocycles. The topological polar surface area (TPSA) is 110 Å². The van der Waals surface area contributed by atoms with Crippen LogP contribution < -0.4 is 29.6 Å². The number of hydrogen-bond donors (Lipinski definition) is 0. The fourth-order valence-electron chi connectivity index (χ4n) is 3.78. The molecule has 178 valence electrons. The monoisotopic (exact) mass is 490 g/mol. The molecule has 0 radical (unpaired) electrons. The van der Waals surface area contributed by atoms with Crippen LogP contribution in [0.5, 0.6) is 0 Å². The Bertz CT molecular complexity index is 599. The van der Waals surface area contributed by atoms with E-state index in [-0.39, 0.29) is 41.7 Å². The molecule has 0 amide bonds.